The minimum Gasteiger partial charge on any atom is -0.329 e. The lowest BCUT2D eigenvalue weighted by molar-refractivity contribution is 0.130. The third kappa shape index (κ3) is 2.65. The fourth-order valence-corrected chi connectivity index (χ4v) is 13.4. The molecule has 0 aromatic heterocycles. The minimum atomic E-state index is -1.58. The van der Waals surface area contributed by atoms with Gasteiger partial charge in [0.25, 0.3) is 0 Å². The number of allylic oxidation sites excluding steroid dienone is 1. The van der Waals surface area contributed by atoms with Crippen LogP contribution in [0.1, 0.15) is 33.1 Å². The van der Waals surface area contributed by atoms with Crippen LogP contribution in [-0.2, 0) is 16.3 Å². The van der Waals surface area contributed by atoms with Gasteiger partial charge in [-0.15, -0.1) is 0 Å². The summed E-state index contributed by atoms with van der Waals surface area (Å²) in [6.07, 6.45) is 3.97. The molecule has 15 heavy (non-hydrogen) atoms. The summed E-state index contributed by atoms with van der Waals surface area (Å²) in [5.41, 5.74) is 1.30. The van der Waals surface area contributed by atoms with Gasteiger partial charge in [0.15, 0.2) is 3.11 Å². The molecule has 1 aliphatic heterocycles. The third-order valence-electron chi connectivity index (χ3n) is 3.44. The summed E-state index contributed by atoms with van der Waals surface area (Å²) in [7, 11) is 0. The third-order valence-corrected chi connectivity index (χ3v) is 10.6. The molecule has 1 unspecified atom stereocenters. The summed E-state index contributed by atoms with van der Waals surface area (Å²) < 4.78 is 4.77. The van der Waals surface area contributed by atoms with E-state index in [0.717, 1.165) is 6.42 Å². The van der Waals surface area contributed by atoms with E-state index in [9.17, 15) is 0 Å². The predicted molar refractivity (Wildman–Crippen MR) is 81.3 cm³/mol. The Morgan fingerprint density at radius 1 is 1.73 bits per heavy atom. The number of hydrogen-bond donors (Lipinski definition) is 0. The first kappa shape index (κ1) is 12.9. The van der Waals surface area contributed by atoms with Crippen molar-refractivity contribution in [2.45, 2.75) is 44.0 Å². The van der Waals surface area contributed by atoms with Gasteiger partial charge in [-0.3, -0.25) is 0 Å². The van der Waals surface area contributed by atoms with Gasteiger partial charge in [0.1, 0.15) is 0 Å². The fourth-order valence-electron chi connectivity index (χ4n) is 2.38. The predicted octanol–water partition coefficient (Wildman–Crippen LogP) is 4.91. The number of halogens is 1. The maximum atomic E-state index is 6.07. The highest BCUT2D eigenvalue weighted by Gasteiger charge is 2.51. The Labute approximate surface area is 114 Å². The second kappa shape index (κ2) is 4.27. The molecule has 1 saturated carbocycles. The lowest BCUT2D eigenvalue weighted by atomic mass is 9.77. The molecule has 0 N–H and O–H groups in total. The van der Waals surface area contributed by atoms with Crippen molar-refractivity contribution in [2.75, 3.05) is 0 Å². The van der Waals surface area contributed by atoms with Gasteiger partial charge in [-0.05, 0) is 50.8 Å². The molecule has 2 aliphatic rings. The fraction of sp³-hybridized carbons (Fsp3) is 0.800. The van der Waals surface area contributed by atoms with Crippen molar-refractivity contribution in [2.24, 2.45) is 5.92 Å². The first-order chi connectivity index (χ1) is 6.82. The molecule has 86 valence electrons. The summed E-state index contributed by atoms with van der Waals surface area (Å²) in [6.45, 7) is 8.53. The molecule has 2 rings (SSSR count). The molecule has 5 heteroatoms. The maximum Gasteiger partial charge on any atom is 0.178 e. The SMILES string of the molecule is C=C(C)[C@H]1CC[C@@]2(C)SP(=S)(I)O[C@@H]2C1. The van der Waals surface area contributed by atoms with Crippen LogP contribution in [-0.4, -0.2) is 10.9 Å². The van der Waals surface area contributed by atoms with Crippen LogP contribution in [0, 0.1) is 5.92 Å². The first-order valence-corrected chi connectivity index (χ1v) is 12.1. The van der Waals surface area contributed by atoms with Crippen LogP contribution in [0.25, 0.3) is 0 Å². The van der Waals surface area contributed by atoms with Gasteiger partial charge in [0.05, 0.1) is 6.10 Å². The molecular weight excluding hydrogens is 358 g/mol. The normalized spacial score (nSPS) is 50.1. The van der Waals surface area contributed by atoms with E-state index >= 15 is 0 Å². The van der Waals surface area contributed by atoms with Crippen molar-refractivity contribution in [3.8, 4) is 0 Å². The maximum absolute atomic E-state index is 6.07. The van der Waals surface area contributed by atoms with Crippen LogP contribution < -0.4 is 0 Å². The largest absolute Gasteiger partial charge is 0.329 e. The lowest BCUT2D eigenvalue weighted by Crippen LogP contribution is -2.39. The molecule has 0 bridgehead atoms. The topological polar surface area (TPSA) is 9.23 Å². The van der Waals surface area contributed by atoms with E-state index in [1.807, 2.05) is 11.4 Å². The quantitative estimate of drug-likeness (QED) is 0.367. The number of hydrogen-bond acceptors (Lipinski definition) is 3. The van der Waals surface area contributed by atoms with Crippen LogP contribution in [0.2, 0.25) is 0 Å². The van der Waals surface area contributed by atoms with Gasteiger partial charge in [-0.25, -0.2) is 0 Å². The first-order valence-electron chi connectivity index (χ1n) is 5.17. The molecule has 1 heterocycles. The van der Waals surface area contributed by atoms with E-state index in [2.05, 4.69) is 42.5 Å². The van der Waals surface area contributed by atoms with Crippen LogP contribution in [0.15, 0.2) is 12.2 Å². The van der Waals surface area contributed by atoms with Gasteiger partial charge >= 0.3 is 0 Å². The summed E-state index contributed by atoms with van der Waals surface area (Å²) in [6, 6.07) is 0. The van der Waals surface area contributed by atoms with Gasteiger partial charge in [-0.2, -0.15) is 0 Å². The molecule has 1 saturated heterocycles. The van der Waals surface area contributed by atoms with Crippen LogP contribution in [0.4, 0.5) is 0 Å². The molecule has 0 aromatic rings. The second-order valence-corrected chi connectivity index (χ2v) is 19.3. The zero-order valence-electron chi connectivity index (χ0n) is 9.03. The van der Waals surface area contributed by atoms with Crippen LogP contribution in [0.5, 0.6) is 0 Å². The Balaban J connectivity index is 2.16. The van der Waals surface area contributed by atoms with E-state index in [-0.39, 0.29) is 4.75 Å². The van der Waals surface area contributed by atoms with Gasteiger partial charge in [0, 0.05) is 26.8 Å². The second-order valence-electron chi connectivity index (χ2n) is 4.75. The average Bonchev–Trinajstić information content (AvgIpc) is 2.31. The molecule has 0 aromatic carbocycles. The summed E-state index contributed by atoms with van der Waals surface area (Å²) in [5.74, 6) is 0.646. The monoisotopic (exact) mass is 374 g/mol. The molecule has 0 radical (unpaired) electrons. The Bertz CT molecular complexity index is 346. The highest BCUT2D eigenvalue weighted by atomic mass is 127. The Hall–Kier alpha value is 1.43. The molecule has 0 amide bonds. The van der Waals surface area contributed by atoms with E-state index in [4.69, 9.17) is 16.3 Å². The molecule has 1 nitrogen and oxygen atoms in total. The van der Waals surface area contributed by atoms with E-state index in [1.54, 1.807) is 0 Å². The molecule has 2 fully saturated rings. The number of fused-ring (bicyclic) bond motifs is 1. The molecule has 1 aliphatic carbocycles. The lowest BCUT2D eigenvalue weighted by Gasteiger charge is -2.37. The van der Waals surface area contributed by atoms with E-state index < -0.39 is 3.11 Å². The van der Waals surface area contributed by atoms with Crippen molar-refractivity contribution in [1.82, 2.24) is 0 Å². The van der Waals surface area contributed by atoms with Crippen molar-refractivity contribution in [3.63, 3.8) is 0 Å². The van der Waals surface area contributed by atoms with Crippen molar-refractivity contribution in [1.29, 1.82) is 0 Å². The van der Waals surface area contributed by atoms with Crippen molar-refractivity contribution in [3.05, 3.63) is 12.2 Å². The Kier molecular flexibility index (Phi) is 3.67. The summed E-state index contributed by atoms with van der Waals surface area (Å²) in [4.78, 5) is 0. The smallest absolute Gasteiger partial charge is 0.178 e. The zero-order chi connectivity index (χ0) is 11.3. The highest BCUT2D eigenvalue weighted by Crippen LogP contribution is 2.79. The zero-order valence-corrected chi connectivity index (χ0v) is 13.7. The summed E-state index contributed by atoms with van der Waals surface area (Å²) in [5, 5.41) is 0. The Morgan fingerprint density at radius 3 is 3.00 bits per heavy atom. The Morgan fingerprint density at radius 2 is 2.40 bits per heavy atom. The average molecular weight is 374 g/mol. The standard InChI is InChI=1S/C10H16IOPS2/c1-7(2)8-4-5-10(3)9(6-8)12-13(11,14)15-10/h8-9H,1,4-6H2,2-3H3/t8-,9+,10+,13?/m0/s1. The van der Waals surface area contributed by atoms with Gasteiger partial charge in [0.2, 0.25) is 0 Å². The van der Waals surface area contributed by atoms with Gasteiger partial charge in [-0.1, -0.05) is 23.5 Å². The summed E-state index contributed by atoms with van der Waals surface area (Å²) >= 11 is 9.79. The number of rotatable bonds is 1. The van der Waals surface area contributed by atoms with E-state index in [0.29, 0.717) is 12.0 Å². The van der Waals surface area contributed by atoms with Crippen molar-refractivity contribution < 1.29 is 4.52 Å². The van der Waals surface area contributed by atoms with Crippen molar-refractivity contribution >= 4 is 48.3 Å². The highest BCUT2D eigenvalue weighted by molar-refractivity contribution is 14.2. The minimum absolute atomic E-state index is 0.280. The van der Waals surface area contributed by atoms with E-state index in [1.165, 1.54) is 18.4 Å². The van der Waals surface area contributed by atoms with Gasteiger partial charge < -0.3 is 4.52 Å². The molecule has 0 spiro atoms. The van der Waals surface area contributed by atoms with Crippen LogP contribution in [0.3, 0.4) is 0 Å². The molecule has 4 atom stereocenters. The molecular formula is C10H16IOPS2. The van der Waals surface area contributed by atoms with Crippen LogP contribution >= 0.6 is 36.5 Å².